The van der Waals surface area contributed by atoms with Gasteiger partial charge in [0.25, 0.3) is 5.91 Å². The summed E-state index contributed by atoms with van der Waals surface area (Å²) in [4.78, 5) is 12.8. The molecule has 4 rings (SSSR count). The number of aryl methyl sites for hydroxylation is 1. The molecule has 0 saturated carbocycles. The average Bonchev–Trinajstić information content (AvgIpc) is 3.24. The normalized spacial score (nSPS) is 17.5. The first-order chi connectivity index (χ1) is 16.1. The van der Waals surface area contributed by atoms with Crippen LogP contribution in [0, 0.1) is 6.92 Å². The number of nitrogens with zero attached hydrogens (tertiary/aromatic N) is 2. The van der Waals surface area contributed by atoms with Crippen molar-refractivity contribution in [2.75, 3.05) is 24.9 Å². The SMILES string of the molecule is COc1ccc([C@H]2C[C@H](C(F)(F)F)n3nc(C(=O)Nc4cc(Cl)ccc4C)cc3N2)cc1OC. The summed E-state index contributed by atoms with van der Waals surface area (Å²) in [6.45, 7) is 1.78. The van der Waals surface area contributed by atoms with Crippen LogP contribution >= 0.6 is 11.6 Å². The van der Waals surface area contributed by atoms with Gasteiger partial charge in [0.15, 0.2) is 23.2 Å². The van der Waals surface area contributed by atoms with Crippen LogP contribution in [0.1, 0.15) is 40.1 Å². The number of hydrogen-bond donors (Lipinski definition) is 2. The molecule has 7 nitrogen and oxygen atoms in total. The van der Waals surface area contributed by atoms with Gasteiger partial charge in [-0.25, -0.2) is 4.68 Å². The van der Waals surface area contributed by atoms with Gasteiger partial charge in [0.2, 0.25) is 0 Å². The molecule has 2 heterocycles. The Morgan fingerprint density at radius 1 is 1.15 bits per heavy atom. The molecule has 1 aromatic heterocycles. The lowest BCUT2D eigenvalue weighted by molar-refractivity contribution is -0.173. The van der Waals surface area contributed by atoms with Gasteiger partial charge >= 0.3 is 6.18 Å². The molecule has 0 aliphatic carbocycles. The third-order valence-electron chi connectivity index (χ3n) is 5.68. The highest BCUT2D eigenvalue weighted by Crippen LogP contribution is 2.44. The fourth-order valence-electron chi connectivity index (χ4n) is 3.89. The number of anilines is 2. The van der Waals surface area contributed by atoms with Gasteiger partial charge < -0.3 is 20.1 Å². The minimum absolute atomic E-state index is 0.0846. The van der Waals surface area contributed by atoms with Crippen molar-refractivity contribution in [3.05, 3.63) is 64.3 Å². The maximum absolute atomic E-state index is 14.0. The number of fused-ring (bicyclic) bond motifs is 1. The predicted molar refractivity (Wildman–Crippen MR) is 122 cm³/mol. The molecule has 0 spiro atoms. The smallest absolute Gasteiger partial charge is 0.410 e. The van der Waals surface area contributed by atoms with Crippen LogP contribution in [0.3, 0.4) is 0 Å². The Hall–Kier alpha value is -3.40. The molecule has 180 valence electrons. The van der Waals surface area contributed by atoms with Crippen molar-refractivity contribution in [2.45, 2.75) is 31.6 Å². The molecule has 1 amide bonds. The van der Waals surface area contributed by atoms with E-state index in [1.807, 2.05) is 0 Å². The first-order valence-electron chi connectivity index (χ1n) is 10.3. The number of aromatic nitrogens is 2. The van der Waals surface area contributed by atoms with Crippen LogP contribution in [0.25, 0.3) is 0 Å². The third kappa shape index (κ3) is 4.63. The Morgan fingerprint density at radius 3 is 2.56 bits per heavy atom. The van der Waals surface area contributed by atoms with Crippen LogP contribution in [0.2, 0.25) is 5.02 Å². The summed E-state index contributed by atoms with van der Waals surface area (Å²) in [6, 6.07) is 8.60. The second kappa shape index (κ2) is 9.09. The number of nitrogens with one attached hydrogen (secondary N) is 2. The number of carbonyl (C=O) groups excluding carboxylic acids is 1. The minimum atomic E-state index is -4.57. The summed E-state index contributed by atoms with van der Waals surface area (Å²) < 4.78 is 53.3. The zero-order valence-corrected chi connectivity index (χ0v) is 19.3. The maximum Gasteiger partial charge on any atom is 0.410 e. The Bertz CT molecular complexity index is 1230. The van der Waals surface area contributed by atoms with E-state index < -0.39 is 24.2 Å². The van der Waals surface area contributed by atoms with Crippen molar-refractivity contribution in [1.29, 1.82) is 0 Å². The highest BCUT2D eigenvalue weighted by molar-refractivity contribution is 6.31. The molecule has 0 fully saturated rings. The van der Waals surface area contributed by atoms with E-state index >= 15 is 0 Å². The van der Waals surface area contributed by atoms with E-state index in [1.165, 1.54) is 20.3 Å². The molecule has 34 heavy (non-hydrogen) atoms. The van der Waals surface area contributed by atoms with E-state index in [-0.39, 0.29) is 17.9 Å². The Morgan fingerprint density at radius 2 is 1.88 bits per heavy atom. The molecule has 3 aromatic rings. The number of halogens is 4. The number of carbonyl (C=O) groups is 1. The molecule has 11 heteroatoms. The van der Waals surface area contributed by atoms with E-state index in [9.17, 15) is 18.0 Å². The molecule has 0 saturated heterocycles. The lowest BCUT2D eigenvalue weighted by atomic mass is 9.96. The standard InChI is InChI=1S/C23H22ClF3N4O3/c1-12-4-6-14(24)9-15(12)29-22(32)17-11-21-28-16(10-20(23(25,26)27)31(21)30-17)13-5-7-18(33-2)19(8-13)34-3/h4-9,11,16,20,28H,10H2,1-3H3,(H,29,32)/t16-,20-/m1/s1. The van der Waals surface area contributed by atoms with E-state index in [0.29, 0.717) is 27.8 Å². The molecular formula is C23H22ClF3N4O3. The third-order valence-corrected chi connectivity index (χ3v) is 5.92. The number of amides is 1. The molecule has 2 aromatic carbocycles. The minimum Gasteiger partial charge on any atom is -0.493 e. The highest BCUT2D eigenvalue weighted by Gasteiger charge is 2.47. The largest absolute Gasteiger partial charge is 0.493 e. The van der Waals surface area contributed by atoms with Crippen LogP contribution in [0.5, 0.6) is 11.5 Å². The number of ether oxygens (including phenoxy) is 2. The van der Waals surface area contributed by atoms with Gasteiger partial charge in [-0.3, -0.25) is 4.79 Å². The fraction of sp³-hybridized carbons (Fsp3) is 0.304. The Labute approximate surface area is 198 Å². The summed E-state index contributed by atoms with van der Waals surface area (Å²) in [7, 11) is 2.93. The lowest BCUT2D eigenvalue weighted by Crippen LogP contribution is -2.35. The molecule has 0 radical (unpaired) electrons. The van der Waals surface area contributed by atoms with Gasteiger partial charge in [-0.2, -0.15) is 18.3 Å². The van der Waals surface area contributed by atoms with Gasteiger partial charge in [0, 0.05) is 23.2 Å². The average molecular weight is 495 g/mol. The van der Waals surface area contributed by atoms with E-state index in [2.05, 4.69) is 15.7 Å². The first-order valence-corrected chi connectivity index (χ1v) is 10.7. The first kappa shape index (κ1) is 23.7. The van der Waals surface area contributed by atoms with Crippen LogP contribution in [0.15, 0.2) is 42.5 Å². The molecule has 0 unspecified atom stereocenters. The van der Waals surface area contributed by atoms with Crippen LogP contribution in [-0.4, -0.2) is 36.1 Å². The number of rotatable bonds is 5. The molecule has 0 bridgehead atoms. The number of benzene rings is 2. The summed E-state index contributed by atoms with van der Waals surface area (Å²) in [6.07, 6.45) is -4.89. The topological polar surface area (TPSA) is 77.4 Å². The van der Waals surface area contributed by atoms with Gasteiger partial charge in [-0.1, -0.05) is 23.7 Å². The maximum atomic E-state index is 14.0. The molecule has 1 aliphatic heterocycles. The quantitative estimate of drug-likeness (QED) is 0.470. The van der Waals surface area contributed by atoms with Gasteiger partial charge in [0.1, 0.15) is 5.82 Å². The number of methoxy groups -OCH3 is 2. The Kier molecular flexibility index (Phi) is 6.35. The van der Waals surface area contributed by atoms with Crippen LogP contribution < -0.4 is 20.1 Å². The Balaban J connectivity index is 1.66. The zero-order valence-electron chi connectivity index (χ0n) is 18.5. The summed E-state index contributed by atoms with van der Waals surface area (Å²) in [5.41, 5.74) is 1.64. The molecule has 2 N–H and O–H groups in total. The van der Waals surface area contributed by atoms with Crippen molar-refractivity contribution in [3.63, 3.8) is 0 Å². The van der Waals surface area contributed by atoms with Crippen LogP contribution in [0.4, 0.5) is 24.7 Å². The van der Waals surface area contributed by atoms with E-state index in [4.69, 9.17) is 21.1 Å². The summed E-state index contributed by atoms with van der Waals surface area (Å²) in [5, 5.41) is 10.1. The second-order valence-corrected chi connectivity index (χ2v) is 8.31. The molecular weight excluding hydrogens is 473 g/mol. The van der Waals surface area contributed by atoms with Gasteiger partial charge in [-0.05, 0) is 42.3 Å². The monoisotopic (exact) mass is 494 g/mol. The molecule has 2 atom stereocenters. The fourth-order valence-corrected chi connectivity index (χ4v) is 4.06. The summed E-state index contributed by atoms with van der Waals surface area (Å²) in [5.74, 6) is 0.315. The predicted octanol–water partition coefficient (Wildman–Crippen LogP) is 5.77. The highest BCUT2D eigenvalue weighted by atomic mass is 35.5. The van der Waals surface area contributed by atoms with Crippen LogP contribution in [-0.2, 0) is 0 Å². The van der Waals surface area contributed by atoms with Gasteiger partial charge in [-0.15, -0.1) is 0 Å². The van der Waals surface area contributed by atoms with Crippen molar-refractivity contribution in [1.82, 2.24) is 9.78 Å². The van der Waals surface area contributed by atoms with Crippen molar-refractivity contribution >= 4 is 29.0 Å². The van der Waals surface area contributed by atoms with Crippen molar-refractivity contribution in [2.24, 2.45) is 0 Å². The van der Waals surface area contributed by atoms with E-state index in [0.717, 1.165) is 10.2 Å². The number of hydrogen-bond acceptors (Lipinski definition) is 5. The van der Waals surface area contributed by atoms with Crippen molar-refractivity contribution < 1.29 is 27.4 Å². The molecule has 1 aliphatic rings. The second-order valence-electron chi connectivity index (χ2n) is 7.88. The van der Waals surface area contributed by atoms with Gasteiger partial charge in [0.05, 0.1) is 20.3 Å². The van der Waals surface area contributed by atoms with Crippen molar-refractivity contribution in [3.8, 4) is 11.5 Å². The zero-order chi connectivity index (χ0) is 24.6. The summed E-state index contributed by atoms with van der Waals surface area (Å²) >= 11 is 5.99. The lowest BCUT2D eigenvalue weighted by Gasteiger charge is -2.33. The van der Waals surface area contributed by atoms with E-state index in [1.54, 1.807) is 43.3 Å². The number of alkyl halides is 3.